The summed E-state index contributed by atoms with van der Waals surface area (Å²) in [4.78, 5) is 27.4. The minimum atomic E-state index is -0.452. The quantitative estimate of drug-likeness (QED) is 0.857. The number of aromatic nitrogens is 1. The lowest BCUT2D eigenvalue weighted by Gasteiger charge is -2.20. The lowest BCUT2D eigenvalue weighted by Crippen LogP contribution is -2.42. The number of hydrogen-bond donors (Lipinski definition) is 1. The third-order valence-corrected chi connectivity index (χ3v) is 2.76. The molecule has 0 fully saturated rings. The summed E-state index contributed by atoms with van der Waals surface area (Å²) in [5.74, 6) is -0.286. The number of rotatable bonds is 5. The zero-order chi connectivity index (χ0) is 16.2. The van der Waals surface area contributed by atoms with Crippen LogP contribution in [0.4, 0.5) is 0 Å². The van der Waals surface area contributed by atoms with Crippen molar-refractivity contribution < 1.29 is 18.7 Å². The van der Waals surface area contributed by atoms with Crippen LogP contribution in [0.3, 0.4) is 0 Å². The second-order valence-electron chi connectivity index (χ2n) is 6.03. The number of fused-ring (bicyclic) bond motifs is 1. The highest BCUT2D eigenvalue weighted by Crippen LogP contribution is 2.15. The Morgan fingerprint density at radius 1 is 1.27 bits per heavy atom. The maximum Gasteiger partial charge on any atom is 0.306 e. The largest absolute Gasteiger partial charge is 0.456 e. The lowest BCUT2D eigenvalue weighted by molar-refractivity contribution is -0.149. The van der Waals surface area contributed by atoms with E-state index in [1.54, 1.807) is 0 Å². The van der Waals surface area contributed by atoms with Crippen molar-refractivity contribution in [3.05, 3.63) is 30.2 Å². The van der Waals surface area contributed by atoms with Crippen molar-refractivity contribution in [3.8, 4) is 0 Å². The molecular weight excluding hydrogens is 284 g/mol. The van der Waals surface area contributed by atoms with Crippen molar-refractivity contribution in [2.75, 3.05) is 6.61 Å². The number of ether oxygens (including phenoxy) is 1. The summed E-state index contributed by atoms with van der Waals surface area (Å²) < 4.78 is 10.4. The molecule has 2 rings (SSSR count). The summed E-state index contributed by atoms with van der Waals surface area (Å²) in [6, 6.07) is 7.40. The highest BCUT2D eigenvalue weighted by Gasteiger charge is 2.15. The fourth-order valence-electron chi connectivity index (χ4n) is 1.91. The molecule has 0 saturated heterocycles. The molecule has 6 heteroatoms. The zero-order valence-corrected chi connectivity index (χ0v) is 13.0. The Morgan fingerprint density at radius 2 is 2.00 bits per heavy atom. The molecule has 1 heterocycles. The molecule has 0 radical (unpaired) electrons. The fraction of sp³-hybridized carbons (Fsp3) is 0.438. The molecule has 1 N–H and O–H groups in total. The number of nitrogens with zero attached hydrogens (tertiary/aromatic N) is 1. The number of carbonyl (C=O) groups is 2. The van der Waals surface area contributed by atoms with Crippen LogP contribution in [0.25, 0.3) is 11.1 Å². The Balaban J connectivity index is 1.77. The fourth-order valence-corrected chi connectivity index (χ4v) is 1.91. The first kappa shape index (κ1) is 16.0. The summed E-state index contributed by atoms with van der Waals surface area (Å²) in [6.07, 6.45) is 0.462. The molecule has 0 atom stereocenters. The van der Waals surface area contributed by atoms with E-state index in [4.69, 9.17) is 9.15 Å². The van der Waals surface area contributed by atoms with E-state index < -0.39 is 5.97 Å². The SMILES string of the molecule is CC(C)(C)NC(=O)COC(=O)CCc1nc2ccccc2o1. The predicted molar refractivity (Wildman–Crippen MR) is 81.2 cm³/mol. The minimum absolute atomic E-state index is 0.121. The van der Waals surface area contributed by atoms with Crippen LogP contribution in [0.2, 0.25) is 0 Å². The maximum absolute atomic E-state index is 11.6. The van der Waals surface area contributed by atoms with Crippen molar-refractivity contribution in [2.24, 2.45) is 0 Å². The van der Waals surface area contributed by atoms with Gasteiger partial charge in [-0.1, -0.05) is 12.1 Å². The van der Waals surface area contributed by atoms with E-state index in [2.05, 4.69) is 10.3 Å². The molecule has 118 valence electrons. The number of benzene rings is 1. The predicted octanol–water partition coefficient (Wildman–Crippen LogP) is 2.22. The minimum Gasteiger partial charge on any atom is -0.456 e. The Labute approximate surface area is 128 Å². The Morgan fingerprint density at radius 3 is 2.68 bits per heavy atom. The summed E-state index contributed by atoms with van der Waals surface area (Å²) in [5, 5.41) is 2.72. The van der Waals surface area contributed by atoms with Gasteiger partial charge < -0.3 is 14.5 Å². The third kappa shape index (κ3) is 4.87. The van der Waals surface area contributed by atoms with E-state index in [1.165, 1.54) is 0 Å². The first-order chi connectivity index (χ1) is 10.3. The normalized spacial score (nSPS) is 11.4. The van der Waals surface area contributed by atoms with E-state index in [1.807, 2.05) is 45.0 Å². The molecule has 0 aliphatic carbocycles. The molecule has 1 aromatic carbocycles. The monoisotopic (exact) mass is 304 g/mol. The molecule has 1 amide bonds. The molecule has 2 aromatic rings. The molecule has 0 saturated carbocycles. The second kappa shape index (κ2) is 6.60. The number of amides is 1. The molecule has 1 aromatic heterocycles. The van der Waals surface area contributed by atoms with Crippen molar-refractivity contribution in [1.29, 1.82) is 0 Å². The summed E-state index contributed by atoms with van der Waals surface area (Å²) in [6.45, 7) is 5.31. The molecule has 0 spiro atoms. The Bertz CT molecular complexity index is 637. The Kier molecular flexibility index (Phi) is 4.80. The van der Waals surface area contributed by atoms with Gasteiger partial charge in [0, 0.05) is 12.0 Å². The summed E-state index contributed by atoms with van der Waals surface area (Å²) in [7, 11) is 0. The van der Waals surface area contributed by atoms with Gasteiger partial charge in [0.1, 0.15) is 5.52 Å². The highest BCUT2D eigenvalue weighted by atomic mass is 16.5. The van der Waals surface area contributed by atoms with E-state index in [0.29, 0.717) is 17.9 Å². The number of nitrogens with one attached hydrogen (secondary N) is 1. The van der Waals surface area contributed by atoms with Gasteiger partial charge >= 0.3 is 5.97 Å². The van der Waals surface area contributed by atoms with Crippen LogP contribution in [0.1, 0.15) is 33.1 Å². The van der Waals surface area contributed by atoms with Gasteiger partial charge in [-0.25, -0.2) is 4.98 Å². The highest BCUT2D eigenvalue weighted by molar-refractivity contribution is 5.81. The van der Waals surface area contributed by atoms with E-state index in [-0.39, 0.29) is 24.5 Å². The summed E-state index contributed by atoms with van der Waals surface area (Å²) >= 11 is 0. The lowest BCUT2D eigenvalue weighted by atomic mass is 10.1. The van der Waals surface area contributed by atoms with Gasteiger partial charge in [0.25, 0.3) is 5.91 Å². The molecule has 0 bridgehead atoms. The van der Waals surface area contributed by atoms with Gasteiger partial charge in [-0.05, 0) is 32.9 Å². The second-order valence-corrected chi connectivity index (χ2v) is 6.03. The van der Waals surface area contributed by atoms with Crippen molar-refractivity contribution in [1.82, 2.24) is 10.3 Å². The summed E-state index contributed by atoms with van der Waals surface area (Å²) in [5.41, 5.74) is 1.10. The molecule has 0 aliphatic rings. The average molecular weight is 304 g/mol. The first-order valence-electron chi connectivity index (χ1n) is 7.14. The van der Waals surface area contributed by atoms with Crippen LogP contribution < -0.4 is 5.32 Å². The third-order valence-electron chi connectivity index (χ3n) is 2.76. The van der Waals surface area contributed by atoms with Gasteiger partial charge in [-0.15, -0.1) is 0 Å². The van der Waals surface area contributed by atoms with Crippen molar-refractivity contribution >= 4 is 23.0 Å². The Hall–Kier alpha value is -2.37. The zero-order valence-electron chi connectivity index (χ0n) is 13.0. The number of carbonyl (C=O) groups excluding carboxylic acids is 2. The maximum atomic E-state index is 11.6. The standard InChI is InChI=1S/C16H20N2O4/c1-16(2,3)18-13(19)10-21-15(20)9-8-14-17-11-6-4-5-7-12(11)22-14/h4-7H,8-10H2,1-3H3,(H,18,19). The molecule has 6 nitrogen and oxygen atoms in total. The van der Waals surface area contributed by atoms with Gasteiger partial charge in [0.15, 0.2) is 18.1 Å². The van der Waals surface area contributed by atoms with Gasteiger partial charge in [-0.3, -0.25) is 9.59 Å². The number of esters is 1. The number of aryl methyl sites for hydroxylation is 1. The number of para-hydroxylation sites is 2. The van der Waals surface area contributed by atoms with Crippen LogP contribution >= 0.6 is 0 Å². The van der Waals surface area contributed by atoms with Crippen LogP contribution in [0.15, 0.2) is 28.7 Å². The first-order valence-corrected chi connectivity index (χ1v) is 7.14. The van der Waals surface area contributed by atoms with E-state index in [0.717, 1.165) is 5.52 Å². The van der Waals surface area contributed by atoms with Crippen LogP contribution in [0.5, 0.6) is 0 Å². The van der Waals surface area contributed by atoms with Crippen LogP contribution in [-0.2, 0) is 20.7 Å². The van der Waals surface area contributed by atoms with Crippen molar-refractivity contribution in [2.45, 2.75) is 39.2 Å². The van der Waals surface area contributed by atoms with Gasteiger partial charge in [0.2, 0.25) is 0 Å². The van der Waals surface area contributed by atoms with Crippen LogP contribution in [0, 0.1) is 0 Å². The van der Waals surface area contributed by atoms with Gasteiger partial charge in [-0.2, -0.15) is 0 Å². The number of hydrogen-bond acceptors (Lipinski definition) is 5. The smallest absolute Gasteiger partial charge is 0.306 e. The molecule has 0 aliphatic heterocycles. The number of oxazole rings is 1. The average Bonchev–Trinajstić information content (AvgIpc) is 2.84. The van der Waals surface area contributed by atoms with E-state index in [9.17, 15) is 9.59 Å². The van der Waals surface area contributed by atoms with Crippen molar-refractivity contribution in [3.63, 3.8) is 0 Å². The van der Waals surface area contributed by atoms with E-state index >= 15 is 0 Å². The molecule has 0 unspecified atom stereocenters. The topological polar surface area (TPSA) is 81.4 Å². The molecule has 22 heavy (non-hydrogen) atoms. The molecular formula is C16H20N2O4. The van der Waals surface area contributed by atoms with Gasteiger partial charge in [0.05, 0.1) is 6.42 Å². The van der Waals surface area contributed by atoms with Crippen LogP contribution in [-0.4, -0.2) is 29.0 Å².